The van der Waals surface area contributed by atoms with E-state index in [1.54, 1.807) is 0 Å². The van der Waals surface area contributed by atoms with Crippen molar-refractivity contribution in [2.75, 3.05) is 19.6 Å². The van der Waals surface area contributed by atoms with Crippen molar-refractivity contribution >= 4 is 12.4 Å². The lowest BCUT2D eigenvalue weighted by atomic mass is 10.0. The summed E-state index contributed by atoms with van der Waals surface area (Å²) in [5, 5.41) is 6.94. The van der Waals surface area contributed by atoms with Crippen LogP contribution in [0.1, 0.15) is 12.0 Å². The van der Waals surface area contributed by atoms with E-state index in [1.165, 1.54) is 18.4 Å². The third kappa shape index (κ3) is 4.20. The van der Waals surface area contributed by atoms with Gasteiger partial charge >= 0.3 is 0 Å². The molecule has 0 unspecified atom stereocenters. The maximum absolute atomic E-state index is 3.53. The zero-order valence-electron chi connectivity index (χ0n) is 8.91. The Morgan fingerprint density at radius 1 is 1.13 bits per heavy atom. The van der Waals surface area contributed by atoms with E-state index in [0.717, 1.165) is 19.6 Å². The molecule has 1 aliphatic rings. The summed E-state index contributed by atoms with van der Waals surface area (Å²) >= 11 is 0. The monoisotopic (exact) mass is 226 g/mol. The molecule has 1 aromatic carbocycles. The molecule has 0 amide bonds. The van der Waals surface area contributed by atoms with Gasteiger partial charge in [0.25, 0.3) is 0 Å². The number of halogens is 1. The normalized spacial score (nSPS) is 20.7. The number of aryl methyl sites for hydroxylation is 1. The number of rotatable bonds is 3. The standard InChI is InChI=1S/C12H18N2.ClH/c1-2-4-11(5-3-1)6-7-12-10-13-8-9-14-12;/h1-5,12-14H,6-10H2;1H/t12-;/m0./s1. The SMILES string of the molecule is Cl.c1ccc(CC[C@H]2CNCCN2)cc1. The highest BCUT2D eigenvalue weighted by molar-refractivity contribution is 5.85. The summed E-state index contributed by atoms with van der Waals surface area (Å²) in [6, 6.07) is 11.4. The topological polar surface area (TPSA) is 24.1 Å². The van der Waals surface area contributed by atoms with E-state index in [0.29, 0.717) is 6.04 Å². The number of hydrogen-bond donors (Lipinski definition) is 2. The van der Waals surface area contributed by atoms with Crippen LogP contribution in [0.4, 0.5) is 0 Å². The van der Waals surface area contributed by atoms with Gasteiger partial charge in [-0.3, -0.25) is 0 Å². The highest BCUT2D eigenvalue weighted by Crippen LogP contribution is 2.05. The molecular formula is C12H19ClN2. The third-order valence-electron chi connectivity index (χ3n) is 2.75. The fourth-order valence-electron chi connectivity index (χ4n) is 1.90. The molecule has 0 saturated carbocycles. The molecule has 84 valence electrons. The molecule has 15 heavy (non-hydrogen) atoms. The Kier molecular flexibility index (Phi) is 5.69. The molecule has 0 aromatic heterocycles. The van der Waals surface area contributed by atoms with Crippen molar-refractivity contribution in [1.82, 2.24) is 10.6 Å². The van der Waals surface area contributed by atoms with Crippen LogP contribution in [0, 0.1) is 0 Å². The summed E-state index contributed by atoms with van der Waals surface area (Å²) < 4.78 is 0. The minimum absolute atomic E-state index is 0. The predicted molar refractivity (Wildman–Crippen MR) is 66.7 cm³/mol. The summed E-state index contributed by atoms with van der Waals surface area (Å²) in [5.41, 5.74) is 1.44. The fraction of sp³-hybridized carbons (Fsp3) is 0.500. The van der Waals surface area contributed by atoms with Crippen LogP contribution in [-0.4, -0.2) is 25.7 Å². The van der Waals surface area contributed by atoms with Crippen LogP contribution in [0.15, 0.2) is 30.3 Å². The Morgan fingerprint density at radius 2 is 1.93 bits per heavy atom. The number of nitrogens with one attached hydrogen (secondary N) is 2. The molecule has 1 saturated heterocycles. The number of hydrogen-bond acceptors (Lipinski definition) is 2. The van der Waals surface area contributed by atoms with Crippen molar-refractivity contribution in [3.05, 3.63) is 35.9 Å². The van der Waals surface area contributed by atoms with Crippen molar-refractivity contribution < 1.29 is 0 Å². The van der Waals surface area contributed by atoms with Gasteiger partial charge in [0.05, 0.1) is 0 Å². The molecule has 1 heterocycles. The lowest BCUT2D eigenvalue weighted by Gasteiger charge is -2.24. The predicted octanol–water partition coefficient (Wildman–Crippen LogP) is 1.60. The largest absolute Gasteiger partial charge is 0.314 e. The van der Waals surface area contributed by atoms with Crippen LogP contribution < -0.4 is 10.6 Å². The van der Waals surface area contributed by atoms with Gasteiger partial charge in [0.15, 0.2) is 0 Å². The van der Waals surface area contributed by atoms with Gasteiger partial charge in [-0.2, -0.15) is 0 Å². The van der Waals surface area contributed by atoms with Gasteiger partial charge in [0.2, 0.25) is 0 Å². The average Bonchev–Trinajstić information content (AvgIpc) is 2.29. The molecule has 2 N–H and O–H groups in total. The van der Waals surface area contributed by atoms with E-state index >= 15 is 0 Å². The molecular weight excluding hydrogens is 208 g/mol. The summed E-state index contributed by atoms with van der Waals surface area (Å²) in [6.45, 7) is 3.34. The molecule has 1 aromatic rings. The maximum Gasteiger partial charge on any atom is 0.0196 e. The van der Waals surface area contributed by atoms with Crippen molar-refractivity contribution in [2.24, 2.45) is 0 Å². The van der Waals surface area contributed by atoms with Gasteiger partial charge < -0.3 is 10.6 Å². The van der Waals surface area contributed by atoms with Gasteiger partial charge in [0, 0.05) is 25.7 Å². The summed E-state index contributed by atoms with van der Waals surface area (Å²) in [4.78, 5) is 0. The maximum atomic E-state index is 3.53. The lowest BCUT2D eigenvalue weighted by Crippen LogP contribution is -2.48. The van der Waals surface area contributed by atoms with Crippen LogP contribution in [0.25, 0.3) is 0 Å². The molecule has 2 nitrogen and oxygen atoms in total. The molecule has 1 fully saturated rings. The highest BCUT2D eigenvalue weighted by atomic mass is 35.5. The van der Waals surface area contributed by atoms with Crippen molar-refractivity contribution in [3.8, 4) is 0 Å². The van der Waals surface area contributed by atoms with E-state index in [2.05, 4.69) is 41.0 Å². The first-order chi connectivity index (χ1) is 6.95. The van der Waals surface area contributed by atoms with Crippen molar-refractivity contribution in [1.29, 1.82) is 0 Å². The Morgan fingerprint density at radius 3 is 2.60 bits per heavy atom. The molecule has 0 bridgehead atoms. The van der Waals surface area contributed by atoms with Crippen LogP contribution in [0.2, 0.25) is 0 Å². The smallest absolute Gasteiger partial charge is 0.0196 e. The van der Waals surface area contributed by atoms with E-state index < -0.39 is 0 Å². The quantitative estimate of drug-likeness (QED) is 0.819. The van der Waals surface area contributed by atoms with Gasteiger partial charge in [-0.15, -0.1) is 12.4 Å². The van der Waals surface area contributed by atoms with Crippen molar-refractivity contribution in [3.63, 3.8) is 0 Å². The Bertz CT molecular complexity index is 258. The Balaban J connectivity index is 0.00000112. The van der Waals surface area contributed by atoms with Gasteiger partial charge in [0.1, 0.15) is 0 Å². The average molecular weight is 227 g/mol. The van der Waals surface area contributed by atoms with E-state index in [-0.39, 0.29) is 12.4 Å². The molecule has 2 rings (SSSR count). The zero-order chi connectivity index (χ0) is 9.64. The molecule has 3 heteroatoms. The molecule has 1 atom stereocenters. The van der Waals surface area contributed by atoms with Crippen LogP contribution >= 0.6 is 12.4 Å². The fourth-order valence-corrected chi connectivity index (χ4v) is 1.90. The van der Waals surface area contributed by atoms with Gasteiger partial charge in [-0.05, 0) is 18.4 Å². The first-order valence-electron chi connectivity index (χ1n) is 5.43. The van der Waals surface area contributed by atoms with Crippen LogP contribution in [-0.2, 0) is 6.42 Å². The highest BCUT2D eigenvalue weighted by Gasteiger charge is 2.10. The molecule has 0 radical (unpaired) electrons. The van der Waals surface area contributed by atoms with E-state index in [1.807, 2.05) is 0 Å². The van der Waals surface area contributed by atoms with E-state index in [4.69, 9.17) is 0 Å². The second kappa shape index (κ2) is 6.83. The Hall–Kier alpha value is -0.570. The molecule has 0 aliphatic carbocycles. The molecule has 1 aliphatic heterocycles. The minimum atomic E-state index is 0. The molecule has 0 spiro atoms. The van der Waals surface area contributed by atoms with Crippen LogP contribution in [0.5, 0.6) is 0 Å². The summed E-state index contributed by atoms with van der Waals surface area (Å²) in [5.74, 6) is 0. The van der Waals surface area contributed by atoms with Gasteiger partial charge in [-0.25, -0.2) is 0 Å². The number of piperazine rings is 1. The summed E-state index contributed by atoms with van der Waals surface area (Å²) in [6.07, 6.45) is 2.41. The Labute approximate surface area is 97.9 Å². The van der Waals surface area contributed by atoms with Gasteiger partial charge in [-0.1, -0.05) is 30.3 Å². The third-order valence-corrected chi connectivity index (χ3v) is 2.75. The first-order valence-corrected chi connectivity index (χ1v) is 5.43. The first kappa shape index (κ1) is 12.5. The number of benzene rings is 1. The lowest BCUT2D eigenvalue weighted by molar-refractivity contribution is 0.400. The second-order valence-corrected chi connectivity index (χ2v) is 3.88. The summed E-state index contributed by atoms with van der Waals surface area (Å²) in [7, 11) is 0. The van der Waals surface area contributed by atoms with Crippen molar-refractivity contribution in [2.45, 2.75) is 18.9 Å². The van der Waals surface area contributed by atoms with E-state index in [9.17, 15) is 0 Å². The second-order valence-electron chi connectivity index (χ2n) is 3.88. The minimum Gasteiger partial charge on any atom is -0.314 e. The zero-order valence-corrected chi connectivity index (χ0v) is 9.72. The van der Waals surface area contributed by atoms with Crippen LogP contribution in [0.3, 0.4) is 0 Å².